The van der Waals surface area contributed by atoms with Crippen molar-refractivity contribution >= 4 is 11.9 Å². The van der Waals surface area contributed by atoms with Gasteiger partial charge in [0.1, 0.15) is 5.75 Å². The van der Waals surface area contributed by atoms with Crippen LogP contribution >= 0.6 is 0 Å². The lowest BCUT2D eigenvalue weighted by Gasteiger charge is -2.10. The Hall–Kier alpha value is -2.13. The molecule has 22 heavy (non-hydrogen) atoms. The fourth-order valence-electron chi connectivity index (χ4n) is 2.54. The molecule has 0 atom stereocenters. The summed E-state index contributed by atoms with van der Waals surface area (Å²) in [5, 5.41) is 0. The number of pyridine rings is 1. The van der Waals surface area contributed by atoms with Gasteiger partial charge in [0.25, 0.3) is 0 Å². The molecule has 0 saturated heterocycles. The standard InChI is InChI=1S/C18H17NO2.ClH/c1-12(2)21-16-4-3-14-10-15(18(20)17(14)11-16)9-13-5-7-19-8-6-13;/h3-9,11-12H,10H2,1-2H3;1H. The van der Waals surface area contributed by atoms with Crippen LogP contribution in [0.3, 0.4) is 0 Å². The summed E-state index contributed by atoms with van der Waals surface area (Å²) in [5.74, 6) is 0.861. The third-order valence-corrected chi connectivity index (χ3v) is 3.46. The maximum absolute atomic E-state index is 12.5. The Balaban J connectivity index is 0.00000176. The van der Waals surface area contributed by atoms with Gasteiger partial charge in [-0.15, -0.1) is 0 Å². The van der Waals surface area contributed by atoms with Gasteiger partial charge in [0.05, 0.1) is 6.10 Å². The number of Topliss-reactive ketones (excluding diaryl/α,β-unsaturated/α-hetero) is 1. The molecule has 1 aromatic heterocycles. The third kappa shape index (κ3) is 3.37. The highest BCUT2D eigenvalue weighted by Gasteiger charge is 2.25. The van der Waals surface area contributed by atoms with E-state index < -0.39 is 0 Å². The Morgan fingerprint density at radius 1 is 1.18 bits per heavy atom. The Morgan fingerprint density at radius 2 is 1.91 bits per heavy atom. The number of benzene rings is 1. The van der Waals surface area contributed by atoms with Crippen molar-refractivity contribution in [3.63, 3.8) is 0 Å². The molecule has 1 aromatic carbocycles. The smallest absolute Gasteiger partial charge is 0.189 e. The van der Waals surface area contributed by atoms with Crippen molar-refractivity contribution in [1.82, 2.24) is 0 Å². The van der Waals surface area contributed by atoms with Gasteiger partial charge in [-0.25, -0.2) is 4.98 Å². The molecule has 1 aliphatic rings. The molecule has 0 unspecified atom stereocenters. The fourth-order valence-corrected chi connectivity index (χ4v) is 2.54. The van der Waals surface area contributed by atoms with Gasteiger partial charge in [-0.3, -0.25) is 4.79 Å². The van der Waals surface area contributed by atoms with Crippen molar-refractivity contribution in [3.8, 4) is 5.75 Å². The van der Waals surface area contributed by atoms with E-state index in [1.807, 2.05) is 62.6 Å². The SMILES string of the molecule is CC(C)Oc1ccc2c(c1)C(=O)C(=Cc1cc[nH+]cc1)C2.[Cl-]. The molecular formula is C18H18ClNO2. The lowest BCUT2D eigenvalue weighted by molar-refractivity contribution is -0.378. The molecule has 3 nitrogen and oxygen atoms in total. The van der Waals surface area contributed by atoms with Gasteiger partial charge in [0, 0.05) is 29.7 Å². The number of hydrogen-bond donors (Lipinski definition) is 0. The number of aromatic amines is 1. The van der Waals surface area contributed by atoms with Gasteiger partial charge < -0.3 is 17.1 Å². The molecule has 0 amide bonds. The summed E-state index contributed by atoms with van der Waals surface area (Å²) < 4.78 is 5.67. The number of aromatic nitrogens is 1. The zero-order chi connectivity index (χ0) is 14.8. The maximum atomic E-state index is 12.5. The highest BCUT2D eigenvalue weighted by molar-refractivity contribution is 6.15. The van der Waals surface area contributed by atoms with E-state index in [1.54, 1.807) is 0 Å². The zero-order valence-corrected chi connectivity index (χ0v) is 13.4. The van der Waals surface area contributed by atoms with Crippen LogP contribution in [0.4, 0.5) is 0 Å². The van der Waals surface area contributed by atoms with E-state index in [0.717, 1.165) is 28.0 Å². The minimum Gasteiger partial charge on any atom is -1.00 e. The number of nitrogens with one attached hydrogen (secondary N) is 1. The summed E-state index contributed by atoms with van der Waals surface area (Å²) in [5.41, 5.74) is 3.70. The summed E-state index contributed by atoms with van der Waals surface area (Å²) in [6, 6.07) is 9.70. The predicted octanol–water partition coefficient (Wildman–Crippen LogP) is 0.114. The number of carbonyl (C=O) groups excluding carboxylic acids is 1. The number of halogens is 1. The first-order valence-corrected chi connectivity index (χ1v) is 7.14. The normalized spacial score (nSPS) is 14.9. The topological polar surface area (TPSA) is 40.4 Å². The van der Waals surface area contributed by atoms with Crippen LogP contribution in [-0.2, 0) is 6.42 Å². The fraction of sp³-hybridized carbons (Fsp3) is 0.222. The second kappa shape index (κ2) is 6.75. The number of ketones is 1. The van der Waals surface area contributed by atoms with Crippen molar-refractivity contribution in [2.24, 2.45) is 0 Å². The van der Waals surface area contributed by atoms with Gasteiger partial charge >= 0.3 is 0 Å². The number of rotatable bonds is 3. The van der Waals surface area contributed by atoms with Crippen LogP contribution in [0.2, 0.25) is 0 Å². The largest absolute Gasteiger partial charge is 1.00 e. The van der Waals surface area contributed by atoms with E-state index in [4.69, 9.17) is 4.74 Å². The first kappa shape index (κ1) is 16.2. The van der Waals surface area contributed by atoms with Gasteiger partial charge in [-0.05, 0) is 43.2 Å². The maximum Gasteiger partial charge on any atom is 0.189 e. The average Bonchev–Trinajstić information content (AvgIpc) is 2.76. The van der Waals surface area contributed by atoms with E-state index in [0.29, 0.717) is 6.42 Å². The highest BCUT2D eigenvalue weighted by atomic mass is 35.5. The molecule has 2 aromatic rings. The molecule has 0 saturated carbocycles. The van der Waals surface area contributed by atoms with E-state index in [2.05, 4.69) is 4.98 Å². The summed E-state index contributed by atoms with van der Waals surface area (Å²) in [6.45, 7) is 3.96. The van der Waals surface area contributed by atoms with Crippen molar-refractivity contribution in [1.29, 1.82) is 0 Å². The molecule has 0 fully saturated rings. The number of H-pyrrole nitrogens is 1. The van der Waals surface area contributed by atoms with Gasteiger partial charge in [-0.2, -0.15) is 0 Å². The first-order valence-electron chi connectivity index (χ1n) is 7.14. The Kier molecular flexibility index (Phi) is 4.99. The number of carbonyl (C=O) groups is 1. The summed E-state index contributed by atoms with van der Waals surface area (Å²) in [7, 11) is 0. The van der Waals surface area contributed by atoms with E-state index >= 15 is 0 Å². The molecule has 0 spiro atoms. The number of hydrogen-bond acceptors (Lipinski definition) is 2. The molecule has 1 N–H and O–H groups in total. The van der Waals surface area contributed by atoms with E-state index in [-0.39, 0.29) is 24.3 Å². The summed E-state index contributed by atoms with van der Waals surface area (Å²) in [6.07, 6.45) is 6.46. The summed E-state index contributed by atoms with van der Waals surface area (Å²) in [4.78, 5) is 15.5. The van der Waals surface area contributed by atoms with Crippen LogP contribution in [0.5, 0.6) is 5.75 Å². The van der Waals surface area contributed by atoms with Gasteiger partial charge in [0.2, 0.25) is 0 Å². The van der Waals surface area contributed by atoms with Crippen molar-refractivity contribution in [2.45, 2.75) is 26.4 Å². The average molecular weight is 316 g/mol. The zero-order valence-electron chi connectivity index (χ0n) is 12.6. The Bertz CT molecular complexity index is 708. The van der Waals surface area contributed by atoms with E-state index in [9.17, 15) is 4.79 Å². The number of allylic oxidation sites excluding steroid dienone is 1. The molecule has 4 heteroatoms. The van der Waals surface area contributed by atoms with Crippen LogP contribution in [0.25, 0.3) is 6.08 Å². The van der Waals surface area contributed by atoms with Crippen molar-refractivity contribution < 1.29 is 26.9 Å². The summed E-state index contributed by atoms with van der Waals surface area (Å²) >= 11 is 0. The minimum absolute atomic E-state index is 0. The van der Waals surface area contributed by atoms with Crippen LogP contribution in [0.1, 0.15) is 35.3 Å². The molecule has 1 aliphatic carbocycles. The highest BCUT2D eigenvalue weighted by Crippen LogP contribution is 2.30. The number of fused-ring (bicyclic) bond motifs is 1. The first-order chi connectivity index (χ1) is 10.1. The number of ether oxygens (including phenoxy) is 1. The van der Waals surface area contributed by atoms with Crippen molar-refractivity contribution in [3.05, 3.63) is 65.0 Å². The molecule has 114 valence electrons. The predicted molar refractivity (Wildman–Crippen MR) is 81.2 cm³/mol. The second-order valence-electron chi connectivity index (χ2n) is 5.49. The lowest BCUT2D eigenvalue weighted by atomic mass is 10.1. The quantitative estimate of drug-likeness (QED) is 0.755. The third-order valence-electron chi connectivity index (χ3n) is 3.46. The van der Waals surface area contributed by atoms with Gasteiger partial charge in [0.15, 0.2) is 18.2 Å². The van der Waals surface area contributed by atoms with Crippen LogP contribution in [0.15, 0.2) is 48.3 Å². The monoisotopic (exact) mass is 315 g/mol. The van der Waals surface area contributed by atoms with Crippen LogP contribution < -0.4 is 22.1 Å². The van der Waals surface area contributed by atoms with Gasteiger partial charge in [-0.1, -0.05) is 6.07 Å². The minimum atomic E-state index is 0. The second-order valence-corrected chi connectivity index (χ2v) is 5.49. The van der Waals surface area contributed by atoms with E-state index in [1.165, 1.54) is 0 Å². The van der Waals surface area contributed by atoms with Crippen molar-refractivity contribution in [2.75, 3.05) is 0 Å². The molecule has 0 aliphatic heterocycles. The molecule has 1 heterocycles. The molecule has 0 bridgehead atoms. The molecule has 3 rings (SSSR count). The lowest BCUT2D eigenvalue weighted by Crippen LogP contribution is -3.00. The molecular weight excluding hydrogens is 298 g/mol. The van der Waals surface area contributed by atoms with Crippen LogP contribution in [0, 0.1) is 0 Å². The molecule has 0 radical (unpaired) electrons. The van der Waals surface area contributed by atoms with Crippen LogP contribution in [-0.4, -0.2) is 11.9 Å². The Morgan fingerprint density at radius 3 is 2.59 bits per heavy atom. The Labute approximate surface area is 136 Å².